The molecule has 0 bridgehead atoms. The topological polar surface area (TPSA) is 156 Å². The van der Waals surface area contributed by atoms with Crippen LogP contribution in [-0.2, 0) is 6.42 Å². The number of hydrazine groups is 1. The average molecular weight is 489 g/mol. The molecular weight excluding hydrogens is 466 g/mol. The maximum absolute atomic E-state index is 12.8. The third-order valence-corrected chi connectivity index (χ3v) is 5.74. The largest absolute Gasteiger partial charge is 0.455 e. The Morgan fingerprint density at radius 3 is 2.47 bits per heavy atom. The number of benzene rings is 2. The molecule has 0 spiro atoms. The highest BCUT2D eigenvalue weighted by molar-refractivity contribution is 6.07. The lowest BCUT2D eigenvalue weighted by Gasteiger charge is -2.13. The van der Waals surface area contributed by atoms with Crippen LogP contribution in [0.5, 0.6) is 0 Å². The fourth-order valence-corrected chi connectivity index (χ4v) is 4.03. The summed E-state index contributed by atoms with van der Waals surface area (Å²) in [6.07, 6.45) is 1.88. The molecule has 11 nitrogen and oxygen atoms in total. The van der Waals surface area contributed by atoms with E-state index in [9.17, 15) is 24.5 Å². The molecular formula is C25H23N5O6. The van der Waals surface area contributed by atoms with Gasteiger partial charge in [-0.3, -0.25) is 35.3 Å². The Morgan fingerprint density at radius 2 is 1.72 bits per heavy atom. The first-order valence-corrected chi connectivity index (χ1v) is 11.2. The van der Waals surface area contributed by atoms with Crippen molar-refractivity contribution in [3.63, 3.8) is 0 Å². The Kier molecular flexibility index (Phi) is 6.91. The van der Waals surface area contributed by atoms with Gasteiger partial charge in [0.1, 0.15) is 11.3 Å². The fraction of sp³-hybridized carbons (Fsp3) is 0.200. The molecule has 0 radical (unpaired) electrons. The number of nitro benzene ring substituents is 1. The maximum atomic E-state index is 12.8. The van der Waals surface area contributed by atoms with Gasteiger partial charge < -0.3 is 4.42 Å². The van der Waals surface area contributed by atoms with Crippen LogP contribution >= 0.6 is 0 Å². The zero-order valence-corrected chi connectivity index (χ0v) is 19.6. The molecule has 1 aliphatic carbocycles. The Labute approximate surface area is 205 Å². The second-order valence-corrected chi connectivity index (χ2v) is 8.26. The summed E-state index contributed by atoms with van der Waals surface area (Å²) in [6.45, 7) is 3.57. The second kappa shape index (κ2) is 10.2. The van der Waals surface area contributed by atoms with Gasteiger partial charge in [0.05, 0.1) is 10.6 Å². The van der Waals surface area contributed by atoms with E-state index in [4.69, 9.17) is 4.42 Å². The van der Waals surface area contributed by atoms with Crippen LogP contribution < -0.4 is 16.3 Å². The summed E-state index contributed by atoms with van der Waals surface area (Å²) >= 11 is 0. The van der Waals surface area contributed by atoms with E-state index < -0.39 is 16.7 Å². The van der Waals surface area contributed by atoms with E-state index in [0.29, 0.717) is 47.4 Å². The molecule has 0 saturated carbocycles. The van der Waals surface area contributed by atoms with Crippen molar-refractivity contribution >= 4 is 29.1 Å². The van der Waals surface area contributed by atoms with Gasteiger partial charge in [-0.05, 0) is 44.9 Å². The number of hydrogen-bond acceptors (Lipinski definition) is 7. The first-order valence-electron chi connectivity index (χ1n) is 11.2. The molecule has 3 N–H and O–H groups in total. The third kappa shape index (κ3) is 4.99. The predicted octanol–water partition coefficient (Wildman–Crippen LogP) is 3.35. The summed E-state index contributed by atoms with van der Waals surface area (Å²) in [7, 11) is 0. The lowest BCUT2D eigenvalue weighted by Crippen LogP contribution is -2.42. The molecule has 184 valence electrons. The van der Waals surface area contributed by atoms with Crippen molar-refractivity contribution in [2.75, 3.05) is 0 Å². The first kappa shape index (κ1) is 24.3. The zero-order valence-electron chi connectivity index (χ0n) is 19.6. The molecule has 4 rings (SSSR count). The molecule has 11 heteroatoms. The van der Waals surface area contributed by atoms with E-state index in [1.165, 1.54) is 24.3 Å². The second-order valence-electron chi connectivity index (χ2n) is 8.26. The molecule has 0 fully saturated rings. The van der Waals surface area contributed by atoms with Crippen LogP contribution in [0, 0.1) is 24.0 Å². The van der Waals surface area contributed by atoms with Crippen LogP contribution in [0.1, 0.15) is 66.6 Å². The van der Waals surface area contributed by atoms with Crippen molar-refractivity contribution < 1.29 is 23.7 Å². The number of fused-ring (bicyclic) bond motifs is 1. The molecule has 1 aromatic heterocycles. The number of aryl methyl sites for hydroxylation is 2. The minimum Gasteiger partial charge on any atom is -0.455 e. The first-order chi connectivity index (χ1) is 17.3. The Bertz CT molecular complexity index is 1410. The number of hydrogen-bond donors (Lipinski definition) is 3. The molecule has 0 aliphatic heterocycles. The van der Waals surface area contributed by atoms with Crippen LogP contribution in [0.4, 0.5) is 5.69 Å². The highest BCUT2D eigenvalue weighted by atomic mass is 16.6. The fourth-order valence-electron chi connectivity index (χ4n) is 4.03. The van der Waals surface area contributed by atoms with Gasteiger partial charge in [-0.25, -0.2) is 5.43 Å². The molecule has 3 amide bonds. The summed E-state index contributed by atoms with van der Waals surface area (Å²) in [5.41, 5.74) is 9.57. The minimum atomic E-state index is -0.842. The average Bonchev–Trinajstić information content (AvgIpc) is 3.22. The number of nitrogens with zero attached hydrogens (tertiary/aromatic N) is 2. The van der Waals surface area contributed by atoms with Crippen molar-refractivity contribution in [2.45, 2.75) is 33.1 Å². The van der Waals surface area contributed by atoms with Crippen molar-refractivity contribution in [1.82, 2.24) is 16.3 Å². The van der Waals surface area contributed by atoms with Crippen molar-refractivity contribution in [3.05, 3.63) is 98.0 Å². The molecule has 1 heterocycles. The number of nitro groups is 1. The van der Waals surface area contributed by atoms with Gasteiger partial charge in [0, 0.05) is 29.2 Å². The summed E-state index contributed by atoms with van der Waals surface area (Å²) in [5.74, 6) is -1.39. The number of amides is 3. The van der Waals surface area contributed by atoms with Crippen molar-refractivity contribution in [2.24, 2.45) is 5.10 Å². The minimum absolute atomic E-state index is 0.0255. The van der Waals surface area contributed by atoms with Gasteiger partial charge >= 0.3 is 5.91 Å². The van der Waals surface area contributed by atoms with E-state index >= 15 is 0 Å². The van der Waals surface area contributed by atoms with E-state index in [0.717, 1.165) is 5.56 Å². The number of furan rings is 1. The molecule has 1 aliphatic rings. The van der Waals surface area contributed by atoms with Gasteiger partial charge in [0.25, 0.3) is 17.5 Å². The van der Waals surface area contributed by atoms with Crippen LogP contribution in [0.2, 0.25) is 0 Å². The van der Waals surface area contributed by atoms with Gasteiger partial charge in [-0.1, -0.05) is 29.8 Å². The highest BCUT2D eigenvalue weighted by Crippen LogP contribution is 2.30. The summed E-state index contributed by atoms with van der Waals surface area (Å²) in [4.78, 5) is 48.1. The smallest absolute Gasteiger partial charge is 0.305 e. The van der Waals surface area contributed by atoms with E-state index in [1.54, 1.807) is 25.1 Å². The number of para-hydroxylation sites is 1. The standard InChI is InChI=1S/C25H23N5O6/c1-14-7-5-8-16(13-14)23(31)27-26-18-10-6-12-20-21(18)15(2)22(36-20)25(33)29-28-24(32)17-9-3-4-11-19(17)30(34)35/h3-5,7-9,11,13H,6,10,12H2,1-2H3,(H,27,31)(H,28,32)(H,29,33)/b26-18+. The van der Waals surface area contributed by atoms with Crippen LogP contribution in [0.3, 0.4) is 0 Å². The summed E-state index contributed by atoms with van der Waals surface area (Å²) < 4.78 is 5.77. The lowest BCUT2D eigenvalue weighted by molar-refractivity contribution is -0.385. The number of nitrogens with one attached hydrogen (secondary N) is 3. The molecule has 0 unspecified atom stereocenters. The molecule has 2 aromatic carbocycles. The number of carbonyl (C=O) groups is 3. The van der Waals surface area contributed by atoms with Gasteiger partial charge in [-0.2, -0.15) is 5.10 Å². The van der Waals surface area contributed by atoms with E-state index in [2.05, 4.69) is 21.4 Å². The van der Waals surface area contributed by atoms with Crippen molar-refractivity contribution in [3.8, 4) is 0 Å². The lowest BCUT2D eigenvalue weighted by atomic mass is 9.93. The SMILES string of the molecule is Cc1cccc(C(=O)N/N=C2\CCCc3oc(C(=O)NNC(=O)c4ccccc4[N+](=O)[O-])c(C)c32)c1. The molecule has 36 heavy (non-hydrogen) atoms. The number of carbonyl (C=O) groups excluding carboxylic acids is 3. The van der Waals surface area contributed by atoms with Crippen molar-refractivity contribution in [1.29, 1.82) is 0 Å². The predicted molar refractivity (Wildman–Crippen MR) is 130 cm³/mol. The third-order valence-electron chi connectivity index (χ3n) is 5.74. The maximum Gasteiger partial charge on any atom is 0.305 e. The van der Waals surface area contributed by atoms with Crippen LogP contribution in [0.25, 0.3) is 0 Å². The number of hydrazone groups is 1. The Morgan fingerprint density at radius 1 is 0.972 bits per heavy atom. The zero-order chi connectivity index (χ0) is 25.8. The van der Waals surface area contributed by atoms with Crippen LogP contribution in [0.15, 0.2) is 58.0 Å². The van der Waals surface area contributed by atoms with Gasteiger partial charge in [-0.15, -0.1) is 0 Å². The van der Waals surface area contributed by atoms with Gasteiger partial charge in [0.2, 0.25) is 0 Å². The quantitative estimate of drug-likeness (QED) is 0.369. The monoisotopic (exact) mass is 489 g/mol. The summed E-state index contributed by atoms with van der Waals surface area (Å²) in [6, 6.07) is 12.5. The molecule has 0 saturated heterocycles. The highest BCUT2D eigenvalue weighted by Gasteiger charge is 2.29. The van der Waals surface area contributed by atoms with E-state index in [-0.39, 0.29) is 22.9 Å². The van der Waals surface area contributed by atoms with Gasteiger partial charge in [0.15, 0.2) is 5.76 Å². The molecule has 3 aromatic rings. The Balaban J connectivity index is 1.49. The van der Waals surface area contributed by atoms with E-state index in [1.807, 2.05) is 13.0 Å². The summed E-state index contributed by atoms with van der Waals surface area (Å²) in [5, 5.41) is 15.4. The van der Waals surface area contributed by atoms with Crippen LogP contribution in [-0.4, -0.2) is 28.4 Å². The number of rotatable bonds is 5. The normalized spacial score (nSPS) is 13.6. The Hall–Kier alpha value is -4.80. The molecule has 0 atom stereocenters.